The van der Waals surface area contributed by atoms with Crippen LogP contribution in [0.25, 0.3) is 0 Å². The highest BCUT2D eigenvalue weighted by Crippen LogP contribution is 2.33. The lowest BCUT2D eigenvalue weighted by Crippen LogP contribution is -2.36. The van der Waals surface area contributed by atoms with Crippen molar-refractivity contribution in [2.45, 2.75) is 43.0 Å². The molecule has 2 fully saturated rings. The van der Waals surface area contributed by atoms with Gasteiger partial charge < -0.3 is 21.7 Å². The average Bonchev–Trinajstić information content (AvgIpc) is 2.92. The number of unbranched alkanes of at least 4 members (excludes halogenated alkanes) is 1. The summed E-state index contributed by atoms with van der Waals surface area (Å²) in [6.45, 7) is 1.04. The smallest absolute Gasteiger partial charge is 0.315 e. The maximum Gasteiger partial charge on any atom is 0.315 e. The number of hydrogen-bond acceptors (Lipinski definition) is 4. The molecule has 2 rings (SSSR count). The maximum atomic E-state index is 11.4. The minimum atomic E-state index is -0.0403. The highest BCUT2D eigenvalue weighted by Gasteiger charge is 2.42. The van der Waals surface area contributed by atoms with Gasteiger partial charge >= 0.3 is 6.03 Å². The lowest BCUT2D eigenvalue weighted by atomic mass is 10.0. The van der Waals surface area contributed by atoms with Gasteiger partial charge in [0.1, 0.15) is 0 Å². The summed E-state index contributed by atoms with van der Waals surface area (Å²) >= 11 is 1.91. The molecule has 0 aromatic rings. The van der Waals surface area contributed by atoms with Gasteiger partial charge in [-0.1, -0.05) is 6.42 Å². The Balaban J connectivity index is 1.59. The van der Waals surface area contributed by atoms with Crippen LogP contribution in [0.1, 0.15) is 25.7 Å². The molecular formula is C12H22N4O2S. The van der Waals surface area contributed by atoms with Crippen molar-refractivity contribution in [1.29, 1.82) is 0 Å². The molecular weight excluding hydrogens is 264 g/mol. The standard InChI is InChI=1S/C12H22N4O2S/c13-5-6-14-10(17)4-2-1-3-9-11-8(7-19-9)15-12(18)16-11/h8-9,11H,1-7,13H2,(H,14,17)(H2,15,16,18)/t8-,9+,11-/m1/s1. The molecule has 0 unspecified atom stereocenters. The van der Waals surface area contributed by atoms with Gasteiger partial charge in [-0.05, 0) is 12.8 Å². The number of rotatable bonds is 7. The van der Waals surface area contributed by atoms with E-state index in [4.69, 9.17) is 5.73 Å². The number of thioether (sulfide) groups is 1. The Morgan fingerprint density at radius 2 is 2.26 bits per heavy atom. The van der Waals surface area contributed by atoms with Gasteiger partial charge in [0, 0.05) is 30.5 Å². The molecule has 2 saturated heterocycles. The Labute approximate surface area is 117 Å². The molecule has 2 heterocycles. The first-order valence-electron chi connectivity index (χ1n) is 6.86. The van der Waals surface area contributed by atoms with E-state index in [1.165, 1.54) is 0 Å². The minimum absolute atomic E-state index is 0.0403. The molecule has 0 aromatic heterocycles. The quantitative estimate of drug-likeness (QED) is 0.384. The van der Waals surface area contributed by atoms with Crippen LogP contribution in [0.4, 0.5) is 4.79 Å². The van der Waals surface area contributed by atoms with Crippen LogP contribution in [-0.4, -0.2) is 48.1 Å². The molecule has 3 amide bonds. The summed E-state index contributed by atoms with van der Waals surface area (Å²) in [4.78, 5) is 22.6. The first-order valence-corrected chi connectivity index (χ1v) is 7.91. The fraction of sp³-hybridized carbons (Fsp3) is 0.833. The van der Waals surface area contributed by atoms with E-state index in [1.54, 1.807) is 0 Å². The average molecular weight is 286 g/mol. The Morgan fingerprint density at radius 3 is 3.05 bits per heavy atom. The fourth-order valence-electron chi connectivity index (χ4n) is 2.57. The molecule has 5 N–H and O–H groups in total. The van der Waals surface area contributed by atoms with Crippen molar-refractivity contribution in [3.8, 4) is 0 Å². The number of nitrogens with one attached hydrogen (secondary N) is 3. The van der Waals surface area contributed by atoms with E-state index in [2.05, 4.69) is 16.0 Å². The lowest BCUT2D eigenvalue weighted by Gasteiger charge is -2.16. The van der Waals surface area contributed by atoms with E-state index in [1.807, 2.05) is 11.8 Å². The van der Waals surface area contributed by atoms with Crippen LogP contribution < -0.4 is 21.7 Å². The Morgan fingerprint density at radius 1 is 1.42 bits per heavy atom. The van der Waals surface area contributed by atoms with Gasteiger partial charge in [-0.3, -0.25) is 4.79 Å². The maximum absolute atomic E-state index is 11.4. The van der Waals surface area contributed by atoms with Gasteiger partial charge in [0.15, 0.2) is 0 Å². The summed E-state index contributed by atoms with van der Waals surface area (Å²) < 4.78 is 0. The van der Waals surface area contributed by atoms with Crippen LogP contribution in [-0.2, 0) is 4.79 Å². The van der Waals surface area contributed by atoms with Crippen LogP contribution in [0.3, 0.4) is 0 Å². The normalized spacial score (nSPS) is 28.7. The van der Waals surface area contributed by atoms with E-state index in [0.29, 0.717) is 24.8 Å². The zero-order valence-corrected chi connectivity index (χ0v) is 11.8. The number of nitrogens with two attached hydrogens (primary N) is 1. The number of fused-ring (bicyclic) bond motifs is 1. The lowest BCUT2D eigenvalue weighted by molar-refractivity contribution is -0.121. The first kappa shape index (κ1) is 14.5. The van der Waals surface area contributed by atoms with Crippen LogP contribution in [0, 0.1) is 0 Å². The number of urea groups is 1. The van der Waals surface area contributed by atoms with Crippen molar-refractivity contribution in [2.75, 3.05) is 18.8 Å². The predicted molar refractivity (Wildman–Crippen MR) is 76.0 cm³/mol. The summed E-state index contributed by atoms with van der Waals surface area (Å²) in [7, 11) is 0. The highest BCUT2D eigenvalue weighted by atomic mass is 32.2. The van der Waals surface area contributed by atoms with Gasteiger partial charge in [0.05, 0.1) is 12.1 Å². The van der Waals surface area contributed by atoms with Crippen LogP contribution in [0.2, 0.25) is 0 Å². The van der Waals surface area contributed by atoms with E-state index in [9.17, 15) is 9.59 Å². The molecule has 0 saturated carbocycles. The van der Waals surface area contributed by atoms with Crippen molar-refractivity contribution in [3.05, 3.63) is 0 Å². The van der Waals surface area contributed by atoms with E-state index in [-0.39, 0.29) is 24.0 Å². The predicted octanol–water partition coefficient (Wildman–Crippen LogP) is -0.213. The second-order valence-electron chi connectivity index (χ2n) is 5.01. The van der Waals surface area contributed by atoms with E-state index >= 15 is 0 Å². The van der Waals surface area contributed by atoms with E-state index < -0.39 is 0 Å². The Bertz CT molecular complexity index is 340. The fourth-order valence-corrected chi connectivity index (χ4v) is 4.12. The second kappa shape index (κ2) is 7.00. The molecule has 0 aromatic carbocycles. The molecule has 0 bridgehead atoms. The Hall–Kier alpha value is -0.950. The minimum Gasteiger partial charge on any atom is -0.355 e. The summed E-state index contributed by atoms with van der Waals surface area (Å²) in [5.41, 5.74) is 5.32. The van der Waals surface area contributed by atoms with Crippen molar-refractivity contribution >= 4 is 23.7 Å². The summed E-state index contributed by atoms with van der Waals surface area (Å²) in [5.74, 6) is 1.07. The van der Waals surface area contributed by atoms with Gasteiger partial charge in [0.25, 0.3) is 0 Å². The largest absolute Gasteiger partial charge is 0.355 e. The summed E-state index contributed by atoms with van der Waals surface area (Å²) in [5, 5.41) is 9.16. The Kier molecular flexibility index (Phi) is 5.33. The number of amides is 3. The molecule has 108 valence electrons. The summed E-state index contributed by atoms with van der Waals surface area (Å²) in [6, 6.07) is 0.514. The van der Waals surface area contributed by atoms with Crippen molar-refractivity contribution in [2.24, 2.45) is 5.73 Å². The highest BCUT2D eigenvalue weighted by molar-refractivity contribution is 8.00. The number of hydrogen-bond donors (Lipinski definition) is 4. The zero-order valence-electron chi connectivity index (χ0n) is 11.0. The van der Waals surface area contributed by atoms with Crippen molar-refractivity contribution < 1.29 is 9.59 Å². The SMILES string of the molecule is NCCNC(=O)CCCC[C@@H]1SC[C@H]2NC(=O)N[C@@H]12. The van der Waals surface area contributed by atoms with Crippen molar-refractivity contribution in [1.82, 2.24) is 16.0 Å². The third-order valence-corrected chi connectivity index (χ3v) is 5.06. The third-order valence-electron chi connectivity index (χ3n) is 3.55. The molecule has 3 atom stereocenters. The topological polar surface area (TPSA) is 96.2 Å². The van der Waals surface area contributed by atoms with Gasteiger partial charge in [0.2, 0.25) is 5.91 Å². The van der Waals surface area contributed by atoms with Crippen LogP contribution >= 0.6 is 11.8 Å². The molecule has 2 aliphatic rings. The second-order valence-corrected chi connectivity index (χ2v) is 6.28. The van der Waals surface area contributed by atoms with Crippen molar-refractivity contribution in [3.63, 3.8) is 0 Å². The van der Waals surface area contributed by atoms with Gasteiger partial charge in [-0.2, -0.15) is 11.8 Å². The summed E-state index contributed by atoms with van der Waals surface area (Å²) in [6.07, 6.45) is 3.53. The molecule has 0 radical (unpaired) electrons. The van der Waals surface area contributed by atoms with Crippen LogP contribution in [0.5, 0.6) is 0 Å². The molecule has 0 spiro atoms. The molecule has 2 aliphatic heterocycles. The van der Waals surface area contributed by atoms with Gasteiger partial charge in [-0.25, -0.2) is 4.79 Å². The molecule has 19 heavy (non-hydrogen) atoms. The monoisotopic (exact) mass is 286 g/mol. The molecule has 0 aliphatic carbocycles. The number of carbonyl (C=O) groups is 2. The van der Waals surface area contributed by atoms with E-state index in [0.717, 1.165) is 25.0 Å². The third kappa shape index (κ3) is 4.01. The van der Waals surface area contributed by atoms with Gasteiger partial charge in [-0.15, -0.1) is 0 Å². The number of carbonyl (C=O) groups excluding carboxylic acids is 2. The molecule has 6 nitrogen and oxygen atoms in total. The molecule has 7 heteroatoms. The first-order chi connectivity index (χ1) is 9.20. The van der Waals surface area contributed by atoms with Crippen LogP contribution in [0.15, 0.2) is 0 Å². The zero-order chi connectivity index (χ0) is 13.7.